The molecule has 0 aliphatic carbocycles. The highest BCUT2D eigenvalue weighted by Gasteiger charge is 2.11. The van der Waals surface area contributed by atoms with Crippen molar-refractivity contribution in [2.75, 3.05) is 13.7 Å². The lowest BCUT2D eigenvalue weighted by molar-refractivity contribution is -0.121. The normalized spacial score (nSPS) is 10.6. The van der Waals surface area contributed by atoms with Crippen LogP contribution >= 0.6 is 0 Å². The van der Waals surface area contributed by atoms with Crippen molar-refractivity contribution >= 4 is 5.91 Å². The molecule has 0 radical (unpaired) electrons. The Morgan fingerprint density at radius 1 is 1.13 bits per heavy atom. The molecule has 3 rings (SSSR count). The predicted octanol–water partition coefficient (Wildman–Crippen LogP) is 0.854. The minimum atomic E-state index is -0.389. The highest BCUT2D eigenvalue weighted by Crippen LogP contribution is 2.26. The Labute approximate surface area is 173 Å². The Hall–Kier alpha value is -3.75. The van der Waals surface area contributed by atoms with Gasteiger partial charge >= 0.3 is 0 Å². The second-order valence-corrected chi connectivity index (χ2v) is 6.53. The van der Waals surface area contributed by atoms with Crippen LogP contribution in [0.5, 0.6) is 5.75 Å². The lowest BCUT2D eigenvalue weighted by Crippen LogP contribution is -2.36. The molecule has 1 N–H and O–H groups in total. The number of carbonyl (C=O) groups excluding carboxylic acids is 1. The van der Waals surface area contributed by atoms with Crippen LogP contribution in [-0.2, 0) is 24.3 Å². The minimum absolute atomic E-state index is 0.168. The number of aromatic nitrogens is 4. The lowest BCUT2D eigenvalue weighted by atomic mass is 10.1. The number of nitrogens with zero attached hydrogens (tertiary/aromatic N) is 4. The van der Waals surface area contributed by atoms with Crippen LogP contribution in [0, 0.1) is 0 Å². The second-order valence-electron chi connectivity index (χ2n) is 6.53. The summed E-state index contributed by atoms with van der Waals surface area (Å²) in [7, 11) is 1.55. The maximum absolute atomic E-state index is 12.3. The van der Waals surface area contributed by atoms with Crippen molar-refractivity contribution in [2.24, 2.45) is 0 Å². The Balaban J connectivity index is 1.65. The van der Waals surface area contributed by atoms with Crippen LogP contribution in [-0.4, -0.2) is 38.9 Å². The molecule has 1 aromatic carbocycles. The van der Waals surface area contributed by atoms with Crippen LogP contribution in [0.3, 0.4) is 0 Å². The summed E-state index contributed by atoms with van der Waals surface area (Å²) in [5.41, 5.74) is 1.41. The van der Waals surface area contributed by atoms with Gasteiger partial charge in [-0.25, -0.2) is 9.67 Å². The zero-order chi connectivity index (χ0) is 21.5. The number of ether oxygens (including phenoxy) is 1. The van der Waals surface area contributed by atoms with Crippen molar-refractivity contribution in [3.05, 3.63) is 75.2 Å². The molecule has 0 bridgehead atoms. The topological polar surface area (TPSA) is 108 Å². The summed E-state index contributed by atoms with van der Waals surface area (Å²) in [6, 6.07) is 11.7. The Morgan fingerprint density at radius 2 is 1.93 bits per heavy atom. The number of hydrogen-bond acceptors (Lipinski definition) is 6. The number of methoxy groups -OCH3 is 1. The summed E-state index contributed by atoms with van der Waals surface area (Å²) in [6.45, 7) is 2.20. The maximum Gasteiger partial charge on any atom is 0.267 e. The zero-order valence-corrected chi connectivity index (χ0v) is 16.9. The van der Waals surface area contributed by atoms with Crippen molar-refractivity contribution in [3.63, 3.8) is 0 Å². The van der Waals surface area contributed by atoms with Crippen molar-refractivity contribution in [1.82, 2.24) is 24.6 Å². The van der Waals surface area contributed by atoms with Gasteiger partial charge in [-0.1, -0.05) is 19.1 Å². The molecule has 0 aliphatic heterocycles. The summed E-state index contributed by atoms with van der Waals surface area (Å²) in [6.07, 6.45) is 2.15. The third-order valence-corrected chi connectivity index (χ3v) is 4.52. The summed E-state index contributed by atoms with van der Waals surface area (Å²) in [5, 5.41) is 6.98. The highest BCUT2D eigenvalue weighted by molar-refractivity contribution is 5.75. The smallest absolute Gasteiger partial charge is 0.267 e. The Bertz CT molecular complexity index is 1150. The van der Waals surface area contributed by atoms with E-state index >= 15 is 0 Å². The van der Waals surface area contributed by atoms with E-state index in [0.29, 0.717) is 17.9 Å². The van der Waals surface area contributed by atoms with Gasteiger partial charge in [0.2, 0.25) is 5.91 Å². The number of para-hydroxylation sites is 1. The third-order valence-electron chi connectivity index (χ3n) is 4.52. The summed E-state index contributed by atoms with van der Waals surface area (Å²) in [5.74, 6) is 0.237. The van der Waals surface area contributed by atoms with E-state index in [0.717, 1.165) is 15.9 Å². The molecule has 9 heteroatoms. The fraction of sp³-hybridized carbons (Fsp3) is 0.286. The number of benzene rings is 1. The first-order chi connectivity index (χ1) is 14.5. The molecule has 3 aromatic rings. The van der Waals surface area contributed by atoms with Gasteiger partial charge in [-0.3, -0.25) is 19.0 Å². The van der Waals surface area contributed by atoms with Gasteiger partial charge in [-0.2, -0.15) is 5.10 Å². The van der Waals surface area contributed by atoms with Gasteiger partial charge < -0.3 is 10.1 Å². The average molecular weight is 409 g/mol. The molecular formula is C21H23N5O4. The van der Waals surface area contributed by atoms with E-state index in [4.69, 9.17) is 4.74 Å². The fourth-order valence-corrected chi connectivity index (χ4v) is 2.89. The quantitative estimate of drug-likeness (QED) is 0.591. The molecule has 2 heterocycles. The first-order valence-corrected chi connectivity index (χ1v) is 9.55. The van der Waals surface area contributed by atoms with Crippen LogP contribution < -0.4 is 21.2 Å². The van der Waals surface area contributed by atoms with E-state index in [1.807, 2.05) is 25.1 Å². The van der Waals surface area contributed by atoms with Gasteiger partial charge in [0, 0.05) is 36.5 Å². The zero-order valence-electron chi connectivity index (χ0n) is 16.9. The molecule has 156 valence electrons. The van der Waals surface area contributed by atoms with E-state index in [1.165, 1.54) is 23.0 Å². The molecule has 0 saturated carbocycles. The average Bonchev–Trinajstić information content (AvgIpc) is 2.76. The van der Waals surface area contributed by atoms with Gasteiger partial charge in [-0.05, 0) is 24.6 Å². The summed E-state index contributed by atoms with van der Waals surface area (Å²) < 4.78 is 7.85. The molecule has 30 heavy (non-hydrogen) atoms. The number of nitrogens with one attached hydrogen (secondary N) is 1. The second kappa shape index (κ2) is 9.64. The molecule has 0 spiro atoms. The standard InChI is InChI=1S/C21H23N5O4/c1-3-15-12-21(29)25(14-23-15)11-10-22-19(27)13-26-20(28)9-8-17(24-26)16-6-4-5-7-18(16)30-2/h4-9,12,14H,3,10-11,13H2,1-2H3,(H,22,27). The Morgan fingerprint density at radius 3 is 2.67 bits per heavy atom. The fourth-order valence-electron chi connectivity index (χ4n) is 2.89. The summed E-state index contributed by atoms with van der Waals surface area (Å²) in [4.78, 5) is 40.6. The van der Waals surface area contributed by atoms with E-state index in [2.05, 4.69) is 15.4 Å². The molecule has 1 amide bonds. The first-order valence-electron chi connectivity index (χ1n) is 9.55. The van der Waals surface area contributed by atoms with E-state index < -0.39 is 0 Å². The van der Waals surface area contributed by atoms with Crippen molar-refractivity contribution < 1.29 is 9.53 Å². The Kier molecular flexibility index (Phi) is 6.74. The SMILES string of the molecule is CCc1cc(=O)n(CCNC(=O)Cn2nc(-c3ccccc3OC)ccc2=O)cn1. The molecular weight excluding hydrogens is 386 g/mol. The van der Waals surface area contributed by atoms with Crippen molar-refractivity contribution in [1.29, 1.82) is 0 Å². The van der Waals surface area contributed by atoms with Crippen LogP contribution in [0.4, 0.5) is 0 Å². The van der Waals surface area contributed by atoms with Gasteiger partial charge in [0.1, 0.15) is 12.3 Å². The van der Waals surface area contributed by atoms with Crippen LogP contribution in [0.2, 0.25) is 0 Å². The first kappa shape index (κ1) is 21.0. The minimum Gasteiger partial charge on any atom is -0.496 e. The lowest BCUT2D eigenvalue weighted by Gasteiger charge is -2.11. The number of amides is 1. The maximum atomic E-state index is 12.3. The molecule has 0 aliphatic rings. The highest BCUT2D eigenvalue weighted by atomic mass is 16.5. The van der Waals surface area contributed by atoms with Crippen LogP contribution in [0.25, 0.3) is 11.3 Å². The number of carbonyl (C=O) groups is 1. The molecule has 0 fully saturated rings. The molecule has 0 atom stereocenters. The predicted molar refractivity (Wildman–Crippen MR) is 111 cm³/mol. The third kappa shape index (κ3) is 4.99. The number of hydrogen-bond donors (Lipinski definition) is 1. The molecule has 2 aromatic heterocycles. The van der Waals surface area contributed by atoms with Gasteiger partial charge in [0.25, 0.3) is 11.1 Å². The van der Waals surface area contributed by atoms with Gasteiger partial charge in [0.15, 0.2) is 0 Å². The van der Waals surface area contributed by atoms with E-state index in [1.54, 1.807) is 19.2 Å². The largest absolute Gasteiger partial charge is 0.496 e. The number of aryl methyl sites for hydroxylation is 1. The van der Waals surface area contributed by atoms with Gasteiger partial charge in [0.05, 0.1) is 19.1 Å². The molecule has 9 nitrogen and oxygen atoms in total. The van der Waals surface area contributed by atoms with E-state index in [-0.39, 0.29) is 36.7 Å². The molecule has 0 saturated heterocycles. The van der Waals surface area contributed by atoms with Crippen molar-refractivity contribution in [2.45, 2.75) is 26.4 Å². The number of rotatable bonds is 8. The van der Waals surface area contributed by atoms with Crippen LogP contribution in [0.15, 0.2) is 58.4 Å². The monoisotopic (exact) mass is 409 g/mol. The summed E-state index contributed by atoms with van der Waals surface area (Å²) >= 11 is 0. The van der Waals surface area contributed by atoms with Gasteiger partial charge in [-0.15, -0.1) is 0 Å². The molecule has 0 unspecified atom stereocenters. The van der Waals surface area contributed by atoms with E-state index in [9.17, 15) is 14.4 Å². The van der Waals surface area contributed by atoms with Crippen molar-refractivity contribution in [3.8, 4) is 17.0 Å². The van der Waals surface area contributed by atoms with Crippen LogP contribution in [0.1, 0.15) is 12.6 Å².